The normalized spacial score (nSPS) is 25.1. The molecule has 2 rings (SSSR count). The quantitative estimate of drug-likeness (QED) is 0.842. The minimum Gasteiger partial charge on any atom is -0.395 e. The molecule has 0 spiro atoms. The summed E-state index contributed by atoms with van der Waals surface area (Å²) in [5, 5.41) is 12.6. The van der Waals surface area contributed by atoms with Gasteiger partial charge in [-0.15, -0.1) is 0 Å². The van der Waals surface area contributed by atoms with Crippen LogP contribution in [0.15, 0.2) is 24.3 Å². The summed E-state index contributed by atoms with van der Waals surface area (Å²) in [6.07, 6.45) is 2.22. The van der Waals surface area contributed by atoms with E-state index in [2.05, 4.69) is 50.4 Å². The molecule has 1 heterocycles. The molecular formula is C16H25NO. The van der Waals surface area contributed by atoms with Gasteiger partial charge in [-0.1, -0.05) is 45.0 Å². The largest absolute Gasteiger partial charge is 0.395 e. The van der Waals surface area contributed by atoms with Crippen LogP contribution in [0.5, 0.6) is 0 Å². The van der Waals surface area contributed by atoms with Crippen molar-refractivity contribution in [2.24, 2.45) is 0 Å². The first-order valence-electron chi connectivity index (χ1n) is 6.95. The number of piperidine rings is 1. The molecule has 0 radical (unpaired) electrons. The van der Waals surface area contributed by atoms with Crippen molar-refractivity contribution in [1.82, 2.24) is 5.32 Å². The third kappa shape index (κ3) is 3.12. The van der Waals surface area contributed by atoms with E-state index in [0.29, 0.717) is 5.92 Å². The molecule has 1 saturated heterocycles. The Labute approximate surface area is 110 Å². The molecule has 0 bridgehead atoms. The van der Waals surface area contributed by atoms with Gasteiger partial charge in [0.1, 0.15) is 0 Å². The maximum Gasteiger partial charge on any atom is 0.0584 e. The van der Waals surface area contributed by atoms with Crippen molar-refractivity contribution in [2.45, 2.75) is 51.0 Å². The molecule has 1 aliphatic heterocycles. The van der Waals surface area contributed by atoms with Crippen LogP contribution in [0.4, 0.5) is 0 Å². The van der Waals surface area contributed by atoms with Gasteiger partial charge < -0.3 is 10.4 Å². The number of benzene rings is 1. The van der Waals surface area contributed by atoms with Crippen LogP contribution in [-0.4, -0.2) is 24.3 Å². The van der Waals surface area contributed by atoms with Gasteiger partial charge >= 0.3 is 0 Å². The summed E-state index contributed by atoms with van der Waals surface area (Å²) in [7, 11) is 0. The SMILES string of the molecule is CC(C)(C)c1ccc(C2CCNC(CO)C2)cc1. The van der Waals surface area contributed by atoms with Crippen molar-refractivity contribution in [3.05, 3.63) is 35.4 Å². The molecule has 1 aromatic rings. The van der Waals surface area contributed by atoms with Gasteiger partial charge in [-0.05, 0) is 41.8 Å². The van der Waals surface area contributed by atoms with Crippen LogP contribution in [0.2, 0.25) is 0 Å². The second-order valence-corrected chi connectivity index (χ2v) is 6.43. The molecule has 1 aromatic carbocycles. The average Bonchev–Trinajstić information content (AvgIpc) is 2.38. The molecule has 0 aliphatic carbocycles. The van der Waals surface area contributed by atoms with Crippen molar-refractivity contribution < 1.29 is 5.11 Å². The van der Waals surface area contributed by atoms with E-state index < -0.39 is 0 Å². The van der Waals surface area contributed by atoms with Crippen LogP contribution >= 0.6 is 0 Å². The zero-order chi connectivity index (χ0) is 13.2. The summed E-state index contributed by atoms with van der Waals surface area (Å²) >= 11 is 0. The second-order valence-electron chi connectivity index (χ2n) is 6.43. The highest BCUT2D eigenvalue weighted by molar-refractivity contribution is 5.29. The third-order valence-corrected chi connectivity index (χ3v) is 3.96. The van der Waals surface area contributed by atoms with Gasteiger partial charge in [-0.25, -0.2) is 0 Å². The van der Waals surface area contributed by atoms with Gasteiger partial charge in [0, 0.05) is 6.04 Å². The van der Waals surface area contributed by atoms with E-state index >= 15 is 0 Å². The monoisotopic (exact) mass is 247 g/mol. The van der Waals surface area contributed by atoms with E-state index in [1.165, 1.54) is 17.5 Å². The first kappa shape index (κ1) is 13.6. The van der Waals surface area contributed by atoms with E-state index in [0.717, 1.165) is 13.0 Å². The molecule has 1 fully saturated rings. The Hall–Kier alpha value is -0.860. The molecule has 0 aromatic heterocycles. The van der Waals surface area contributed by atoms with Crippen molar-refractivity contribution >= 4 is 0 Å². The van der Waals surface area contributed by atoms with Gasteiger partial charge in [0.25, 0.3) is 0 Å². The Morgan fingerprint density at radius 2 is 1.89 bits per heavy atom. The molecule has 2 nitrogen and oxygen atoms in total. The van der Waals surface area contributed by atoms with Gasteiger partial charge in [0.2, 0.25) is 0 Å². The number of nitrogens with one attached hydrogen (secondary N) is 1. The topological polar surface area (TPSA) is 32.3 Å². The third-order valence-electron chi connectivity index (χ3n) is 3.96. The summed E-state index contributed by atoms with van der Waals surface area (Å²) < 4.78 is 0. The van der Waals surface area contributed by atoms with Gasteiger partial charge in [0.15, 0.2) is 0 Å². The minimum atomic E-state index is 0.223. The van der Waals surface area contributed by atoms with E-state index in [-0.39, 0.29) is 18.1 Å². The van der Waals surface area contributed by atoms with Crippen molar-refractivity contribution in [3.8, 4) is 0 Å². The summed E-state index contributed by atoms with van der Waals surface area (Å²) in [5.41, 5.74) is 3.03. The average molecular weight is 247 g/mol. The zero-order valence-electron chi connectivity index (χ0n) is 11.7. The fourth-order valence-corrected chi connectivity index (χ4v) is 2.70. The van der Waals surface area contributed by atoms with Crippen LogP contribution in [-0.2, 0) is 5.41 Å². The lowest BCUT2D eigenvalue weighted by molar-refractivity contribution is 0.210. The lowest BCUT2D eigenvalue weighted by atomic mass is 9.83. The number of aliphatic hydroxyl groups excluding tert-OH is 1. The molecule has 0 saturated carbocycles. The second kappa shape index (κ2) is 5.41. The molecule has 2 atom stereocenters. The Balaban J connectivity index is 2.09. The van der Waals surface area contributed by atoms with Crippen molar-refractivity contribution in [1.29, 1.82) is 0 Å². The number of aliphatic hydroxyl groups is 1. The van der Waals surface area contributed by atoms with E-state index in [1.807, 2.05) is 0 Å². The summed E-state index contributed by atoms with van der Waals surface area (Å²) in [6, 6.07) is 9.32. The van der Waals surface area contributed by atoms with Gasteiger partial charge in [-0.3, -0.25) is 0 Å². The van der Waals surface area contributed by atoms with Crippen molar-refractivity contribution in [2.75, 3.05) is 13.2 Å². The summed E-state index contributed by atoms with van der Waals surface area (Å²) in [5.74, 6) is 0.595. The number of rotatable bonds is 2. The highest BCUT2D eigenvalue weighted by Gasteiger charge is 2.22. The van der Waals surface area contributed by atoms with E-state index in [9.17, 15) is 5.11 Å². The smallest absolute Gasteiger partial charge is 0.0584 e. The number of hydrogen-bond acceptors (Lipinski definition) is 2. The first-order valence-corrected chi connectivity index (χ1v) is 6.95. The van der Waals surface area contributed by atoms with Crippen LogP contribution in [0, 0.1) is 0 Å². The van der Waals surface area contributed by atoms with Gasteiger partial charge in [-0.2, -0.15) is 0 Å². The minimum absolute atomic E-state index is 0.223. The molecule has 2 heteroatoms. The molecule has 100 valence electrons. The lowest BCUT2D eigenvalue weighted by Crippen LogP contribution is -2.39. The fraction of sp³-hybridized carbons (Fsp3) is 0.625. The predicted molar refractivity (Wildman–Crippen MR) is 76.0 cm³/mol. The molecule has 0 amide bonds. The number of hydrogen-bond donors (Lipinski definition) is 2. The predicted octanol–water partition coefficient (Wildman–Crippen LogP) is 2.81. The Bertz CT molecular complexity index is 377. The zero-order valence-corrected chi connectivity index (χ0v) is 11.7. The van der Waals surface area contributed by atoms with Crippen LogP contribution in [0.3, 0.4) is 0 Å². The van der Waals surface area contributed by atoms with Crippen molar-refractivity contribution in [3.63, 3.8) is 0 Å². The fourth-order valence-electron chi connectivity index (χ4n) is 2.70. The highest BCUT2D eigenvalue weighted by Crippen LogP contribution is 2.30. The molecule has 1 aliphatic rings. The van der Waals surface area contributed by atoms with E-state index in [4.69, 9.17) is 0 Å². The first-order chi connectivity index (χ1) is 8.50. The molecule has 2 unspecified atom stereocenters. The maximum absolute atomic E-state index is 9.24. The summed E-state index contributed by atoms with van der Waals surface area (Å²) in [4.78, 5) is 0. The van der Waals surface area contributed by atoms with Gasteiger partial charge in [0.05, 0.1) is 6.61 Å². The molecule has 18 heavy (non-hydrogen) atoms. The summed E-state index contributed by atoms with van der Waals surface area (Å²) in [6.45, 7) is 7.99. The van der Waals surface area contributed by atoms with Crippen LogP contribution < -0.4 is 5.32 Å². The Kier molecular flexibility index (Phi) is 4.08. The maximum atomic E-state index is 9.24. The molecular weight excluding hydrogens is 222 g/mol. The van der Waals surface area contributed by atoms with Crippen LogP contribution in [0.1, 0.15) is 50.7 Å². The lowest BCUT2D eigenvalue weighted by Gasteiger charge is -2.30. The van der Waals surface area contributed by atoms with E-state index in [1.54, 1.807) is 0 Å². The Morgan fingerprint density at radius 1 is 1.22 bits per heavy atom. The standard InChI is InChI=1S/C16H25NO/c1-16(2,3)14-6-4-12(5-7-14)13-8-9-17-15(10-13)11-18/h4-7,13,15,17-18H,8-11H2,1-3H3. The van der Waals surface area contributed by atoms with Crippen LogP contribution in [0.25, 0.3) is 0 Å². The Morgan fingerprint density at radius 3 is 2.44 bits per heavy atom. The highest BCUT2D eigenvalue weighted by atomic mass is 16.3. The molecule has 2 N–H and O–H groups in total.